The van der Waals surface area contributed by atoms with E-state index in [2.05, 4.69) is 4.72 Å². The van der Waals surface area contributed by atoms with Crippen LogP contribution < -0.4 is 21.7 Å². The Bertz CT molecular complexity index is 658. The summed E-state index contributed by atoms with van der Waals surface area (Å²) in [6.07, 6.45) is 0.996. The monoisotopic (exact) mass is 276 g/mol. The number of sulfonamides is 1. The maximum absolute atomic E-state index is 11.9. The van der Waals surface area contributed by atoms with Gasteiger partial charge in [0.1, 0.15) is 0 Å². The van der Waals surface area contributed by atoms with Crippen molar-refractivity contribution in [2.45, 2.75) is 17.9 Å². The summed E-state index contributed by atoms with van der Waals surface area (Å²) in [4.78, 5) is 22.7. The lowest BCUT2D eigenvalue weighted by Gasteiger charge is -2.12. The van der Waals surface area contributed by atoms with Crippen molar-refractivity contribution in [2.24, 2.45) is 19.8 Å². The molecule has 0 spiro atoms. The van der Waals surface area contributed by atoms with Gasteiger partial charge >= 0.3 is 5.69 Å². The fourth-order valence-corrected chi connectivity index (χ4v) is 2.75. The molecule has 0 aliphatic rings. The van der Waals surface area contributed by atoms with Crippen LogP contribution in [-0.2, 0) is 24.1 Å². The molecule has 3 N–H and O–H groups in total. The van der Waals surface area contributed by atoms with Crippen LogP contribution in [-0.4, -0.2) is 30.1 Å². The second-order valence-electron chi connectivity index (χ2n) is 4.01. The van der Waals surface area contributed by atoms with E-state index in [1.54, 1.807) is 6.92 Å². The number of aromatic nitrogens is 2. The fourth-order valence-electron chi connectivity index (χ4n) is 1.34. The molecule has 1 atom stereocenters. The van der Waals surface area contributed by atoms with E-state index >= 15 is 0 Å². The van der Waals surface area contributed by atoms with E-state index in [-0.39, 0.29) is 6.54 Å². The van der Waals surface area contributed by atoms with Crippen LogP contribution in [0.3, 0.4) is 0 Å². The third-order valence-corrected chi connectivity index (χ3v) is 3.99. The minimum atomic E-state index is -3.99. The third-order valence-electron chi connectivity index (χ3n) is 2.41. The summed E-state index contributed by atoms with van der Waals surface area (Å²) in [7, 11) is -1.40. The van der Waals surface area contributed by atoms with Gasteiger partial charge in [-0.15, -0.1) is 0 Å². The zero-order valence-electron chi connectivity index (χ0n) is 10.4. The van der Waals surface area contributed by atoms with Crippen LogP contribution in [0.2, 0.25) is 0 Å². The van der Waals surface area contributed by atoms with E-state index in [0.29, 0.717) is 0 Å². The summed E-state index contributed by atoms with van der Waals surface area (Å²) >= 11 is 0. The molecule has 18 heavy (non-hydrogen) atoms. The number of nitrogens with one attached hydrogen (secondary N) is 1. The Morgan fingerprint density at radius 2 is 1.94 bits per heavy atom. The number of nitrogens with zero attached hydrogens (tertiary/aromatic N) is 2. The van der Waals surface area contributed by atoms with Gasteiger partial charge in [-0.3, -0.25) is 9.36 Å². The van der Waals surface area contributed by atoms with Crippen molar-refractivity contribution >= 4 is 10.0 Å². The molecule has 0 saturated carbocycles. The number of hydrogen-bond donors (Lipinski definition) is 2. The molecule has 0 aromatic carbocycles. The molecule has 8 nitrogen and oxygen atoms in total. The molecular weight excluding hydrogens is 260 g/mol. The molecule has 0 aliphatic carbocycles. The maximum Gasteiger partial charge on any atom is 0.330 e. The molecule has 0 aliphatic heterocycles. The average Bonchev–Trinajstić information content (AvgIpc) is 2.30. The van der Waals surface area contributed by atoms with Crippen LogP contribution in [0.4, 0.5) is 0 Å². The van der Waals surface area contributed by atoms with Crippen LogP contribution in [0.15, 0.2) is 20.7 Å². The number of nitrogens with two attached hydrogens (primary N) is 1. The van der Waals surface area contributed by atoms with Gasteiger partial charge in [0.2, 0.25) is 10.0 Å². The first-order chi connectivity index (χ1) is 8.20. The molecule has 1 unspecified atom stereocenters. The van der Waals surface area contributed by atoms with Crippen LogP contribution in [0.5, 0.6) is 0 Å². The molecule has 0 saturated heterocycles. The average molecular weight is 276 g/mol. The molecule has 9 heteroatoms. The predicted molar refractivity (Wildman–Crippen MR) is 65.8 cm³/mol. The first-order valence-electron chi connectivity index (χ1n) is 5.19. The second-order valence-corrected chi connectivity index (χ2v) is 5.69. The number of hydrogen-bond acceptors (Lipinski definition) is 5. The molecule has 1 aromatic rings. The van der Waals surface area contributed by atoms with Crippen LogP contribution in [0, 0.1) is 0 Å². The van der Waals surface area contributed by atoms with Gasteiger partial charge in [0, 0.05) is 32.9 Å². The maximum atomic E-state index is 11.9. The minimum absolute atomic E-state index is 0.102. The van der Waals surface area contributed by atoms with Gasteiger partial charge in [-0.2, -0.15) is 0 Å². The topological polar surface area (TPSA) is 116 Å². The van der Waals surface area contributed by atoms with Crippen molar-refractivity contribution in [1.82, 2.24) is 13.9 Å². The first-order valence-corrected chi connectivity index (χ1v) is 6.68. The zero-order valence-corrected chi connectivity index (χ0v) is 11.2. The molecule has 1 heterocycles. The van der Waals surface area contributed by atoms with Crippen LogP contribution >= 0.6 is 0 Å². The Hall–Kier alpha value is -1.45. The summed E-state index contributed by atoms with van der Waals surface area (Å²) in [5, 5.41) is 0. The number of aryl methyl sites for hydroxylation is 1. The zero-order chi connectivity index (χ0) is 14.1. The van der Waals surface area contributed by atoms with Gasteiger partial charge in [0.15, 0.2) is 4.90 Å². The highest BCUT2D eigenvalue weighted by atomic mass is 32.2. The summed E-state index contributed by atoms with van der Waals surface area (Å²) in [6.45, 7) is 1.68. The summed E-state index contributed by atoms with van der Waals surface area (Å²) < 4.78 is 27.9. The number of rotatable bonds is 4. The molecule has 1 rings (SSSR count). The van der Waals surface area contributed by atoms with Crippen molar-refractivity contribution in [3.8, 4) is 0 Å². The van der Waals surface area contributed by atoms with E-state index in [0.717, 1.165) is 15.3 Å². The van der Waals surface area contributed by atoms with Gasteiger partial charge in [-0.05, 0) is 6.92 Å². The normalized spacial score (nSPS) is 13.6. The van der Waals surface area contributed by atoms with Crippen molar-refractivity contribution < 1.29 is 8.42 Å². The highest BCUT2D eigenvalue weighted by Crippen LogP contribution is 2.00. The molecule has 102 valence electrons. The van der Waals surface area contributed by atoms with Crippen molar-refractivity contribution in [3.63, 3.8) is 0 Å². The fraction of sp³-hybridized carbons (Fsp3) is 0.556. The second kappa shape index (κ2) is 5.04. The predicted octanol–water partition coefficient (Wildman–Crippen LogP) is -2.29. The molecule has 0 amide bonds. The van der Waals surface area contributed by atoms with Crippen LogP contribution in [0.1, 0.15) is 6.92 Å². The highest BCUT2D eigenvalue weighted by molar-refractivity contribution is 7.89. The van der Waals surface area contributed by atoms with Gasteiger partial charge in [0.05, 0.1) is 0 Å². The Kier molecular flexibility index (Phi) is 4.09. The Balaban J connectivity index is 3.44. The smallest absolute Gasteiger partial charge is 0.329 e. The van der Waals surface area contributed by atoms with E-state index in [9.17, 15) is 18.0 Å². The quantitative estimate of drug-likeness (QED) is 0.642. The van der Waals surface area contributed by atoms with Crippen molar-refractivity contribution in [2.75, 3.05) is 6.54 Å². The Morgan fingerprint density at radius 3 is 2.44 bits per heavy atom. The molecule has 0 bridgehead atoms. The van der Waals surface area contributed by atoms with Gasteiger partial charge in [-0.25, -0.2) is 17.9 Å². The van der Waals surface area contributed by atoms with Gasteiger partial charge in [-0.1, -0.05) is 0 Å². The first kappa shape index (κ1) is 14.6. The lowest BCUT2D eigenvalue weighted by molar-refractivity contribution is 0.554. The van der Waals surface area contributed by atoms with Crippen molar-refractivity contribution in [3.05, 3.63) is 27.0 Å². The van der Waals surface area contributed by atoms with Crippen LogP contribution in [0.25, 0.3) is 0 Å². The molecular formula is C9H16N4O4S. The summed E-state index contributed by atoms with van der Waals surface area (Å²) in [5.41, 5.74) is 3.86. The van der Waals surface area contributed by atoms with Crippen molar-refractivity contribution in [1.29, 1.82) is 0 Å². The Labute approximate surface area is 104 Å². The lowest BCUT2D eigenvalue weighted by Crippen LogP contribution is -2.44. The third kappa shape index (κ3) is 2.68. The minimum Gasteiger partial charge on any atom is -0.329 e. The Morgan fingerprint density at radius 1 is 1.39 bits per heavy atom. The molecule has 1 aromatic heterocycles. The van der Waals surface area contributed by atoms with E-state index < -0.39 is 32.2 Å². The standard InChI is InChI=1S/C9H16N4O4S/c1-6(4-10)11-18(16,17)7-5-12(2)9(15)13(3)8(7)14/h5-6,11H,4,10H2,1-3H3. The summed E-state index contributed by atoms with van der Waals surface area (Å²) in [6, 6.07) is -0.503. The molecule has 0 radical (unpaired) electrons. The largest absolute Gasteiger partial charge is 0.330 e. The molecule has 0 fully saturated rings. The highest BCUT2D eigenvalue weighted by Gasteiger charge is 2.22. The van der Waals surface area contributed by atoms with Gasteiger partial charge < -0.3 is 10.3 Å². The summed E-state index contributed by atoms with van der Waals surface area (Å²) in [5.74, 6) is 0. The van der Waals surface area contributed by atoms with E-state index in [1.165, 1.54) is 14.1 Å². The van der Waals surface area contributed by atoms with E-state index in [1.807, 2.05) is 0 Å². The SMILES string of the molecule is CC(CN)NS(=O)(=O)c1cn(C)c(=O)n(C)c1=O. The van der Waals surface area contributed by atoms with E-state index in [4.69, 9.17) is 5.73 Å². The van der Waals surface area contributed by atoms with Gasteiger partial charge in [0.25, 0.3) is 5.56 Å². The lowest BCUT2D eigenvalue weighted by atomic mass is 10.4.